The van der Waals surface area contributed by atoms with Gasteiger partial charge in [-0.15, -0.1) is 0 Å². The zero-order chi connectivity index (χ0) is 8.91. The van der Waals surface area contributed by atoms with Gasteiger partial charge >= 0.3 is 0 Å². The maximum Gasteiger partial charge on any atom is 0.264 e. The lowest BCUT2D eigenvalue weighted by Crippen LogP contribution is -2.13. The van der Waals surface area contributed by atoms with Crippen molar-refractivity contribution in [3.05, 3.63) is 0 Å². The van der Waals surface area contributed by atoms with Crippen LogP contribution in [0.1, 0.15) is 19.8 Å². The van der Waals surface area contributed by atoms with Crippen LogP contribution in [0.5, 0.6) is 0 Å². The van der Waals surface area contributed by atoms with Crippen molar-refractivity contribution in [2.75, 3.05) is 6.26 Å². The molecule has 0 fully saturated rings. The summed E-state index contributed by atoms with van der Waals surface area (Å²) in [4.78, 5) is 0. The number of hydrogen-bond acceptors (Lipinski definition) is 4. The number of nitrogens with zero attached hydrogens (tertiary/aromatic N) is 1. The molecule has 64 valence electrons. The molecule has 0 aromatic carbocycles. The molecule has 4 nitrogen and oxygen atoms in total. The highest BCUT2D eigenvalue weighted by atomic mass is 32.2. The molecule has 0 bridgehead atoms. The van der Waals surface area contributed by atoms with Crippen molar-refractivity contribution in [3.8, 4) is 6.07 Å². The fourth-order valence-corrected chi connectivity index (χ4v) is 1.31. The van der Waals surface area contributed by atoms with E-state index in [1.807, 2.05) is 6.07 Å². The fraction of sp³-hybridized carbons (Fsp3) is 0.833. The Morgan fingerprint density at radius 2 is 2.18 bits per heavy atom. The van der Waals surface area contributed by atoms with Gasteiger partial charge in [0.25, 0.3) is 10.1 Å². The predicted octanol–water partition coefficient (Wildman–Crippen LogP) is 0.655. The third-order valence-corrected chi connectivity index (χ3v) is 1.68. The monoisotopic (exact) mass is 177 g/mol. The molecule has 0 N–H and O–H groups in total. The molecule has 1 unspecified atom stereocenters. The molecule has 0 aromatic heterocycles. The van der Waals surface area contributed by atoms with E-state index in [9.17, 15) is 8.42 Å². The summed E-state index contributed by atoms with van der Waals surface area (Å²) in [5.41, 5.74) is 0. The van der Waals surface area contributed by atoms with Gasteiger partial charge in [-0.25, -0.2) is 0 Å². The lowest BCUT2D eigenvalue weighted by molar-refractivity contribution is 0.222. The van der Waals surface area contributed by atoms with Gasteiger partial charge in [-0.05, 0) is 13.3 Å². The molecule has 5 heteroatoms. The second-order valence-electron chi connectivity index (χ2n) is 2.31. The van der Waals surface area contributed by atoms with Gasteiger partial charge in [0.05, 0.1) is 18.4 Å². The van der Waals surface area contributed by atoms with E-state index < -0.39 is 16.2 Å². The third kappa shape index (κ3) is 7.30. The third-order valence-electron chi connectivity index (χ3n) is 1.00. The fourth-order valence-electron chi connectivity index (χ4n) is 0.614. The van der Waals surface area contributed by atoms with Crippen LogP contribution in [-0.2, 0) is 14.3 Å². The maximum absolute atomic E-state index is 10.5. The average molecular weight is 177 g/mol. The Hall–Kier alpha value is -0.600. The molecule has 0 rings (SSSR count). The van der Waals surface area contributed by atoms with Crippen LogP contribution in [0.3, 0.4) is 0 Å². The molecule has 0 aromatic rings. The smallest absolute Gasteiger partial charge is 0.264 e. The Morgan fingerprint density at radius 3 is 2.55 bits per heavy atom. The summed E-state index contributed by atoms with van der Waals surface area (Å²) in [7, 11) is -3.36. The van der Waals surface area contributed by atoms with E-state index in [4.69, 9.17) is 5.26 Å². The van der Waals surface area contributed by atoms with Crippen LogP contribution in [0.4, 0.5) is 0 Å². The van der Waals surface area contributed by atoms with Crippen LogP contribution in [0, 0.1) is 11.3 Å². The van der Waals surface area contributed by atoms with Crippen LogP contribution in [-0.4, -0.2) is 20.8 Å². The summed E-state index contributed by atoms with van der Waals surface area (Å²) in [5.74, 6) is 0. The van der Waals surface area contributed by atoms with Gasteiger partial charge in [0, 0.05) is 6.42 Å². The Balaban J connectivity index is 3.72. The molecule has 1 atom stereocenters. The van der Waals surface area contributed by atoms with Gasteiger partial charge in [0.15, 0.2) is 0 Å². The Bertz CT molecular complexity index is 239. The lowest BCUT2D eigenvalue weighted by Gasteiger charge is -2.07. The van der Waals surface area contributed by atoms with Crippen LogP contribution in [0.2, 0.25) is 0 Å². The molecule has 0 amide bonds. The normalized spacial score (nSPS) is 13.9. The molecular formula is C6H11NO3S. The van der Waals surface area contributed by atoms with Gasteiger partial charge in [-0.2, -0.15) is 13.7 Å². The first-order valence-corrected chi connectivity index (χ1v) is 5.02. The first-order chi connectivity index (χ1) is 4.95. The van der Waals surface area contributed by atoms with E-state index >= 15 is 0 Å². The molecule has 0 spiro atoms. The highest BCUT2D eigenvalue weighted by Crippen LogP contribution is 2.03. The minimum Gasteiger partial charge on any atom is -0.267 e. The lowest BCUT2D eigenvalue weighted by atomic mass is 10.2. The van der Waals surface area contributed by atoms with Gasteiger partial charge in [0.2, 0.25) is 0 Å². The largest absolute Gasteiger partial charge is 0.267 e. The first-order valence-electron chi connectivity index (χ1n) is 3.21. The predicted molar refractivity (Wildman–Crippen MR) is 40.2 cm³/mol. The summed E-state index contributed by atoms with van der Waals surface area (Å²) in [6.07, 6.45) is 1.36. The highest BCUT2D eigenvalue weighted by Gasteiger charge is 2.08. The second kappa shape index (κ2) is 4.31. The number of hydrogen-bond donors (Lipinski definition) is 0. The van der Waals surface area contributed by atoms with Crippen molar-refractivity contribution < 1.29 is 12.6 Å². The topological polar surface area (TPSA) is 67.2 Å². The van der Waals surface area contributed by atoms with E-state index in [2.05, 4.69) is 4.18 Å². The summed E-state index contributed by atoms with van der Waals surface area (Å²) in [6.45, 7) is 1.62. The van der Waals surface area contributed by atoms with E-state index in [0.29, 0.717) is 12.8 Å². The molecule has 0 heterocycles. The van der Waals surface area contributed by atoms with Crippen LogP contribution >= 0.6 is 0 Å². The summed E-state index contributed by atoms with van der Waals surface area (Å²) < 4.78 is 25.6. The van der Waals surface area contributed by atoms with Gasteiger partial charge in [0.1, 0.15) is 0 Å². The van der Waals surface area contributed by atoms with Crippen molar-refractivity contribution in [1.82, 2.24) is 0 Å². The van der Waals surface area contributed by atoms with Crippen molar-refractivity contribution in [2.45, 2.75) is 25.9 Å². The summed E-state index contributed by atoms with van der Waals surface area (Å²) in [6, 6.07) is 1.91. The van der Waals surface area contributed by atoms with Crippen molar-refractivity contribution in [3.63, 3.8) is 0 Å². The quantitative estimate of drug-likeness (QED) is 0.591. The van der Waals surface area contributed by atoms with Crippen LogP contribution < -0.4 is 0 Å². The van der Waals surface area contributed by atoms with Crippen molar-refractivity contribution >= 4 is 10.1 Å². The van der Waals surface area contributed by atoms with E-state index in [1.165, 1.54) is 0 Å². The average Bonchev–Trinajstić information content (AvgIpc) is 1.79. The summed E-state index contributed by atoms with van der Waals surface area (Å²) in [5, 5.41) is 8.16. The summed E-state index contributed by atoms with van der Waals surface area (Å²) >= 11 is 0. The second-order valence-corrected chi connectivity index (χ2v) is 3.91. The van der Waals surface area contributed by atoms with E-state index in [-0.39, 0.29) is 0 Å². The maximum atomic E-state index is 10.5. The molecule has 0 aliphatic carbocycles. The van der Waals surface area contributed by atoms with Crippen molar-refractivity contribution in [2.24, 2.45) is 0 Å². The number of rotatable bonds is 4. The van der Waals surface area contributed by atoms with Gasteiger partial charge in [-0.1, -0.05) is 0 Å². The van der Waals surface area contributed by atoms with Crippen LogP contribution in [0.15, 0.2) is 0 Å². The molecular weight excluding hydrogens is 166 g/mol. The first kappa shape index (κ1) is 10.4. The molecule has 0 saturated heterocycles. The van der Waals surface area contributed by atoms with E-state index in [1.54, 1.807) is 6.92 Å². The highest BCUT2D eigenvalue weighted by molar-refractivity contribution is 7.86. The standard InChI is InChI=1S/C6H11NO3S/c1-6(4-3-5-7)10-11(2,8)9/h6H,3-4H2,1-2H3. The zero-order valence-corrected chi connectivity index (χ0v) is 7.39. The van der Waals surface area contributed by atoms with Crippen LogP contribution in [0.25, 0.3) is 0 Å². The van der Waals surface area contributed by atoms with Crippen molar-refractivity contribution in [1.29, 1.82) is 5.26 Å². The minimum absolute atomic E-state index is 0.316. The molecule has 0 saturated carbocycles. The Morgan fingerprint density at radius 1 is 1.64 bits per heavy atom. The minimum atomic E-state index is -3.36. The Labute approximate surface area is 66.9 Å². The SMILES string of the molecule is CC(CCC#N)OS(C)(=O)=O. The molecule has 0 aliphatic rings. The molecule has 0 aliphatic heterocycles. The number of nitriles is 1. The molecule has 11 heavy (non-hydrogen) atoms. The van der Waals surface area contributed by atoms with Gasteiger partial charge in [-0.3, -0.25) is 4.18 Å². The molecule has 0 radical (unpaired) electrons. The zero-order valence-electron chi connectivity index (χ0n) is 6.57. The Kier molecular flexibility index (Phi) is 4.08. The van der Waals surface area contributed by atoms with E-state index in [0.717, 1.165) is 6.26 Å². The van der Waals surface area contributed by atoms with Gasteiger partial charge < -0.3 is 0 Å².